The first-order chi connectivity index (χ1) is 16.7. The number of carbonyl (C=O) groups is 1. The SMILES string of the molecule is NC(=O)C1=C2NCC[C@@H](C3CCNCC3)N2C2CC12c1ccc(C2CC2c2ccccc2)cc1. The molecule has 2 aliphatic carbocycles. The average Bonchev–Trinajstić information content (AvgIpc) is 3.80. The Labute approximate surface area is 201 Å². The Hall–Kier alpha value is -2.79. The zero-order chi connectivity index (χ0) is 22.9. The Balaban J connectivity index is 1.18. The van der Waals surface area contributed by atoms with Crippen molar-refractivity contribution in [2.45, 2.75) is 61.4 Å². The Bertz CT molecular complexity index is 1140. The zero-order valence-corrected chi connectivity index (χ0v) is 19.7. The number of nitrogens with two attached hydrogens (primary N) is 1. The highest BCUT2D eigenvalue weighted by molar-refractivity contribution is 5.98. The van der Waals surface area contributed by atoms with Crippen LogP contribution in [0.1, 0.15) is 60.6 Å². The fraction of sp³-hybridized carbons (Fsp3) is 0.483. The van der Waals surface area contributed by atoms with E-state index in [2.05, 4.69) is 70.1 Å². The smallest absolute Gasteiger partial charge is 0.249 e. The van der Waals surface area contributed by atoms with Crippen LogP contribution in [0.3, 0.4) is 0 Å². The topological polar surface area (TPSA) is 70.4 Å². The summed E-state index contributed by atoms with van der Waals surface area (Å²) < 4.78 is 0. The van der Waals surface area contributed by atoms with Crippen molar-refractivity contribution < 1.29 is 4.79 Å². The van der Waals surface area contributed by atoms with Crippen molar-refractivity contribution in [3.05, 3.63) is 82.7 Å². The molecule has 2 saturated carbocycles. The Kier molecular flexibility index (Phi) is 4.60. The minimum Gasteiger partial charge on any atom is -0.371 e. The quantitative estimate of drug-likeness (QED) is 0.648. The minimum atomic E-state index is -0.256. The molecule has 2 saturated heterocycles. The van der Waals surface area contributed by atoms with Gasteiger partial charge in [0.1, 0.15) is 5.82 Å². The van der Waals surface area contributed by atoms with E-state index in [0.717, 1.165) is 43.9 Å². The molecule has 0 spiro atoms. The molecule has 34 heavy (non-hydrogen) atoms. The molecule has 0 bridgehead atoms. The first-order valence-electron chi connectivity index (χ1n) is 13.1. The molecule has 0 aromatic heterocycles. The second-order valence-corrected chi connectivity index (χ2v) is 11.0. The number of carbonyl (C=O) groups excluding carboxylic acids is 1. The van der Waals surface area contributed by atoms with E-state index < -0.39 is 0 Å². The lowest BCUT2D eigenvalue weighted by molar-refractivity contribution is -0.115. The van der Waals surface area contributed by atoms with E-state index in [1.807, 2.05) is 0 Å². The summed E-state index contributed by atoms with van der Waals surface area (Å²) >= 11 is 0. The summed E-state index contributed by atoms with van der Waals surface area (Å²) in [4.78, 5) is 15.4. The lowest BCUT2D eigenvalue weighted by Crippen LogP contribution is -2.52. The van der Waals surface area contributed by atoms with Gasteiger partial charge in [0.2, 0.25) is 5.91 Å². The maximum Gasteiger partial charge on any atom is 0.249 e. The third kappa shape index (κ3) is 2.99. The van der Waals surface area contributed by atoms with Crippen molar-refractivity contribution in [1.82, 2.24) is 15.5 Å². The van der Waals surface area contributed by atoms with Gasteiger partial charge < -0.3 is 21.3 Å². The van der Waals surface area contributed by atoms with Gasteiger partial charge in [-0.25, -0.2) is 0 Å². The monoisotopic (exact) mass is 454 g/mol. The van der Waals surface area contributed by atoms with E-state index in [-0.39, 0.29) is 11.3 Å². The van der Waals surface area contributed by atoms with Crippen molar-refractivity contribution in [2.75, 3.05) is 19.6 Å². The van der Waals surface area contributed by atoms with Gasteiger partial charge >= 0.3 is 0 Å². The average molecular weight is 455 g/mol. The van der Waals surface area contributed by atoms with E-state index in [4.69, 9.17) is 5.73 Å². The van der Waals surface area contributed by atoms with Crippen LogP contribution in [-0.4, -0.2) is 42.5 Å². The number of nitrogens with one attached hydrogen (secondary N) is 2. The summed E-state index contributed by atoms with van der Waals surface area (Å²) in [5.74, 6) is 2.72. The van der Waals surface area contributed by atoms with Gasteiger partial charge in [-0.15, -0.1) is 0 Å². The third-order valence-electron chi connectivity index (χ3n) is 9.34. The molecule has 1 amide bonds. The first-order valence-corrected chi connectivity index (χ1v) is 13.1. The molecule has 7 rings (SSSR count). The zero-order valence-electron chi connectivity index (χ0n) is 19.7. The number of rotatable bonds is 5. The normalized spacial score (nSPS) is 34.3. The van der Waals surface area contributed by atoms with Crippen molar-refractivity contribution in [3.63, 3.8) is 0 Å². The minimum absolute atomic E-state index is 0.232. The molecule has 5 aliphatic rings. The van der Waals surface area contributed by atoms with E-state index in [9.17, 15) is 4.79 Å². The van der Waals surface area contributed by atoms with Gasteiger partial charge in [-0.2, -0.15) is 0 Å². The number of fused-ring (bicyclic) bond motifs is 3. The molecule has 5 nitrogen and oxygen atoms in total. The van der Waals surface area contributed by atoms with Gasteiger partial charge in [0, 0.05) is 18.6 Å². The van der Waals surface area contributed by atoms with Crippen LogP contribution >= 0.6 is 0 Å². The van der Waals surface area contributed by atoms with Gasteiger partial charge in [-0.1, -0.05) is 54.6 Å². The highest BCUT2D eigenvalue weighted by Crippen LogP contribution is 2.64. The van der Waals surface area contributed by atoms with Crippen LogP contribution in [0.25, 0.3) is 0 Å². The summed E-state index contributed by atoms with van der Waals surface area (Å²) in [5, 5.41) is 7.10. The Morgan fingerprint density at radius 2 is 1.62 bits per heavy atom. The van der Waals surface area contributed by atoms with Gasteiger partial charge in [-0.05, 0) is 79.6 Å². The van der Waals surface area contributed by atoms with Crippen molar-refractivity contribution in [1.29, 1.82) is 0 Å². The second-order valence-electron chi connectivity index (χ2n) is 11.0. The van der Waals surface area contributed by atoms with E-state index >= 15 is 0 Å². The fourth-order valence-electron chi connectivity index (χ4n) is 7.54. The molecule has 3 aliphatic heterocycles. The van der Waals surface area contributed by atoms with Crippen LogP contribution in [0, 0.1) is 5.92 Å². The van der Waals surface area contributed by atoms with Crippen LogP contribution in [0.4, 0.5) is 0 Å². The number of hydrogen-bond acceptors (Lipinski definition) is 4. The van der Waals surface area contributed by atoms with Crippen molar-refractivity contribution >= 4 is 5.91 Å². The van der Waals surface area contributed by atoms with Crippen LogP contribution in [-0.2, 0) is 10.2 Å². The lowest BCUT2D eigenvalue weighted by atomic mass is 9.86. The van der Waals surface area contributed by atoms with Crippen LogP contribution < -0.4 is 16.4 Å². The van der Waals surface area contributed by atoms with E-state index in [1.54, 1.807) is 0 Å². The van der Waals surface area contributed by atoms with Gasteiger partial charge in [0.15, 0.2) is 0 Å². The van der Waals surface area contributed by atoms with Crippen LogP contribution in [0.5, 0.6) is 0 Å². The number of primary amides is 1. The predicted molar refractivity (Wildman–Crippen MR) is 133 cm³/mol. The van der Waals surface area contributed by atoms with Crippen molar-refractivity contribution in [2.24, 2.45) is 11.7 Å². The van der Waals surface area contributed by atoms with Gasteiger partial charge in [-0.3, -0.25) is 4.79 Å². The summed E-state index contributed by atoms with van der Waals surface area (Å²) in [6, 6.07) is 20.9. The van der Waals surface area contributed by atoms with E-state index in [1.165, 1.54) is 36.0 Å². The Morgan fingerprint density at radius 1 is 0.912 bits per heavy atom. The van der Waals surface area contributed by atoms with Crippen LogP contribution in [0.2, 0.25) is 0 Å². The summed E-state index contributed by atoms with van der Waals surface area (Å²) in [5.41, 5.74) is 10.8. The third-order valence-corrected chi connectivity index (χ3v) is 9.34. The molecule has 2 aromatic carbocycles. The molecule has 4 unspecified atom stereocenters. The predicted octanol–water partition coefficient (Wildman–Crippen LogP) is 3.34. The molecule has 3 heterocycles. The molecular weight excluding hydrogens is 420 g/mol. The second kappa shape index (κ2) is 7.61. The lowest BCUT2D eigenvalue weighted by Gasteiger charge is -2.44. The summed E-state index contributed by atoms with van der Waals surface area (Å²) in [6.45, 7) is 3.14. The van der Waals surface area contributed by atoms with Crippen LogP contribution in [0.15, 0.2) is 66.0 Å². The fourth-order valence-corrected chi connectivity index (χ4v) is 7.54. The molecule has 0 radical (unpaired) electrons. The maximum atomic E-state index is 12.8. The number of benzene rings is 2. The summed E-state index contributed by atoms with van der Waals surface area (Å²) in [6.07, 6.45) is 5.82. The molecule has 4 N–H and O–H groups in total. The van der Waals surface area contributed by atoms with Gasteiger partial charge in [0.05, 0.1) is 11.0 Å². The highest BCUT2D eigenvalue weighted by Gasteiger charge is 2.69. The molecular formula is C29H34N4O. The largest absolute Gasteiger partial charge is 0.371 e. The number of amides is 1. The highest BCUT2D eigenvalue weighted by atomic mass is 16.1. The number of piperidine rings is 1. The molecule has 176 valence electrons. The first kappa shape index (κ1) is 20.6. The van der Waals surface area contributed by atoms with Gasteiger partial charge in [0.25, 0.3) is 0 Å². The van der Waals surface area contributed by atoms with Crippen molar-refractivity contribution in [3.8, 4) is 0 Å². The molecule has 5 atom stereocenters. The number of hydrogen-bond donors (Lipinski definition) is 3. The van der Waals surface area contributed by atoms with E-state index in [0.29, 0.717) is 29.8 Å². The number of nitrogens with zero attached hydrogens (tertiary/aromatic N) is 1. The Morgan fingerprint density at radius 3 is 2.32 bits per heavy atom. The maximum absolute atomic E-state index is 12.8. The molecule has 5 heteroatoms. The summed E-state index contributed by atoms with van der Waals surface area (Å²) in [7, 11) is 0. The molecule has 4 fully saturated rings. The molecule has 2 aromatic rings. The standard InChI is InChI=1S/C29H34N4O/c30-27(34)26-28-32-15-12-24(20-10-13-31-14-11-20)33(28)25-17-29(25,26)21-8-6-19(7-9-21)23-16-22(23)18-4-2-1-3-5-18/h1-9,20,22-25,31-32H,10-17H2,(H2,30,34)/t22?,23?,24-,25?,29?/m0/s1.